The molecule has 6 heteroatoms. The Bertz CT molecular complexity index is 729. The molecule has 2 aromatic heterocycles. The number of rotatable bonds is 3. The number of pyridine rings is 1. The van der Waals surface area contributed by atoms with Crippen LogP contribution in [0.15, 0.2) is 30.6 Å². The van der Waals surface area contributed by atoms with Gasteiger partial charge >= 0.3 is 0 Å². The van der Waals surface area contributed by atoms with Crippen LogP contribution in [0.25, 0.3) is 22.4 Å². The molecule has 0 aliphatic rings. The van der Waals surface area contributed by atoms with E-state index in [-0.39, 0.29) is 0 Å². The quantitative estimate of drug-likeness (QED) is 0.804. The van der Waals surface area contributed by atoms with Crippen molar-refractivity contribution in [3.05, 3.63) is 35.6 Å². The maximum absolute atomic E-state index is 6.13. The van der Waals surface area contributed by atoms with Gasteiger partial charge in [0, 0.05) is 30.1 Å². The Hall–Kier alpha value is -2.27. The van der Waals surface area contributed by atoms with Crippen LogP contribution >= 0.6 is 11.6 Å². The van der Waals surface area contributed by atoms with Crippen molar-refractivity contribution in [1.82, 2.24) is 15.0 Å². The molecule has 0 saturated carbocycles. The molecule has 2 heterocycles. The smallest absolute Gasteiger partial charge is 0.163 e. The largest absolute Gasteiger partial charge is 0.493 e. The fourth-order valence-electron chi connectivity index (χ4n) is 2.03. The van der Waals surface area contributed by atoms with Crippen LogP contribution in [-0.4, -0.2) is 29.2 Å². The van der Waals surface area contributed by atoms with Crippen LogP contribution in [0.1, 0.15) is 0 Å². The van der Waals surface area contributed by atoms with E-state index in [0.29, 0.717) is 22.3 Å². The van der Waals surface area contributed by atoms with E-state index in [0.717, 1.165) is 16.6 Å². The van der Waals surface area contributed by atoms with Gasteiger partial charge in [-0.25, -0.2) is 4.98 Å². The van der Waals surface area contributed by atoms with Crippen LogP contribution < -0.4 is 9.47 Å². The Morgan fingerprint density at radius 2 is 1.90 bits per heavy atom. The van der Waals surface area contributed by atoms with Crippen LogP contribution in [0.3, 0.4) is 0 Å². The van der Waals surface area contributed by atoms with Crippen LogP contribution in [0, 0.1) is 0 Å². The highest BCUT2D eigenvalue weighted by molar-refractivity contribution is 6.33. The molecule has 20 heavy (non-hydrogen) atoms. The Morgan fingerprint density at radius 1 is 1.15 bits per heavy atom. The van der Waals surface area contributed by atoms with Gasteiger partial charge < -0.3 is 14.5 Å². The third-order valence-electron chi connectivity index (χ3n) is 3.01. The highest BCUT2D eigenvalue weighted by atomic mass is 35.5. The van der Waals surface area contributed by atoms with Gasteiger partial charge in [-0.3, -0.25) is 4.98 Å². The molecule has 0 radical (unpaired) electrons. The SMILES string of the molecule is COc1cc2nc(-c3ccncc3Cl)[nH]c2cc1OC. The van der Waals surface area contributed by atoms with Gasteiger partial charge in [-0.15, -0.1) is 0 Å². The Kier molecular flexibility index (Phi) is 3.20. The summed E-state index contributed by atoms with van der Waals surface area (Å²) < 4.78 is 10.5. The van der Waals surface area contributed by atoms with Crippen LogP contribution in [0.2, 0.25) is 5.02 Å². The standard InChI is InChI=1S/C14H12ClN3O2/c1-19-12-5-10-11(6-13(12)20-2)18-14(17-10)8-3-4-16-7-9(8)15/h3-7H,1-2H3,(H,17,18). The summed E-state index contributed by atoms with van der Waals surface area (Å²) in [5.74, 6) is 1.97. The monoisotopic (exact) mass is 289 g/mol. The van der Waals surface area contributed by atoms with Crippen molar-refractivity contribution in [3.63, 3.8) is 0 Å². The molecule has 1 N–H and O–H groups in total. The number of aromatic amines is 1. The van der Waals surface area contributed by atoms with Crippen LogP contribution in [-0.2, 0) is 0 Å². The highest BCUT2D eigenvalue weighted by Gasteiger charge is 2.12. The lowest BCUT2D eigenvalue weighted by Gasteiger charge is -2.06. The van der Waals surface area contributed by atoms with E-state index >= 15 is 0 Å². The predicted molar refractivity (Wildman–Crippen MR) is 77.4 cm³/mol. The number of nitrogens with one attached hydrogen (secondary N) is 1. The maximum Gasteiger partial charge on any atom is 0.163 e. The normalized spacial score (nSPS) is 10.8. The van der Waals surface area contributed by atoms with Crippen LogP contribution in [0.4, 0.5) is 0 Å². The molecule has 0 atom stereocenters. The molecule has 0 saturated heterocycles. The lowest BCUT2D eigenvalue weighted by atomic mass is 10.2. The Balaban J connectivity index is 2.18. The summed E-state index contributed by atoms with van der Waals surface area (Å²) in [5.41, 5.74) is 2.44. The average Bonchev–Trinajstić information content (AvgIpc) is 2.88. The molecule has 0 unspecified atom stereocenters. The van der Waals surface area contributed by atoms with E-state index in [9.17, 15) is 0 Å². The van der Waals surface area contributed by atoms with Gasteiger partial charge in [-0.05, 0) is 6.07 Å². The second-order valence-corrected chi connectivity index (χ2v) is 4.57. The van der Waals surface area contributed by atoms with E-state index in [1.54, 1.807) is 26.6 Å². The molecule has 0 aliphatic heterocycles. The first-order valence-electron chi connectivity index (χ1n) is 5.94. The third kappa shape index (κ3) is 2.06. The molecular formula is C14H12ClN3O2. The summed E-state index contributed by atoms with van der Waals surface area (Å²) in [5, 5.41) is 0.547. The first-order chi connectivity index (χ1) is 9.72. The Labute approximate surface area is 120 Å². The number of halogens is 1. The van der Waals surface area contributed by atoms with Gasteiger partial charge in [0.05, 0.1) is 30.3 Å². The number of benzene rings is 1. The molecule has 0 fully saturated rings. The van der Waals surface area contributed by atoms with E-state index < -0.39 is 0 Å². The molecular weight excluding hydrogens is 278 g/mol. The molecule has 5 nitrogen and oxygen atoms in total. The fourth-order valence-corrected chi connectivity index (χ4v) is 2.24. The second kappa shape index (κ2) is 5.02. The number of hydrogen-bond acceptors (Lipinski definition) is 4. The summed E-state index contributed by atoms with van der Waals surface area (Å²) in [7, 11) is 3.19. The van der Waals surface area contributed by atoms with E-state index in [1.165, 1.54) is 0 Å². The van der Waals surface area contributed by atoms with Gasteiger partial charge in [-0.2, -0.15) is 0 Å². The number of fused-ring (bicyclic) bond motifs is 1. The van der Waals surface area contributed by atoms with E-state index in [4.69, 9.17) is 21.1 Å². The number of hydrogen-bond donors (Lipinski definition) is 1. The van der Waals surface area contributed by atoms with Gasteiger partial charge in [0.2, 0.25) is 0 Å². The van der Waals surface area contributed by atoms with Crippen molar-refractivity contribution in [2.24, 2.45) is 0 Å². The third-order valence-corrected chi connectivity index (χ3v) is 3.32. The van der Waals surface area contributed by atoms with E-state index in [1.807, 2.05) is 18.2 Å². The fraction of sp³-hybridized carbons (Fsp3) is 0.143. The van der Waals surface area contributed by atoms with Crippen molar-refractivity contribution in [2.45, 2.75) is 0 Å². The van der Waals surface area contributed by atoms with Crippen molar-refractivity contribution in [1.29, 1.82) is 0 Å². The van der Waals surface area contributed by atoms with Crippen molar-refractivity contribution in [3.8, 4) is 22.9 Å². The van der Waals surface area contributed by atoms with Gasteiger partial charge in [-0.1, -0.05) is 11.6 Å². The van der Waals surface area contributed by atoms with Crippen molar-refractivity contribution in [2.75, 3.05) is 14.2 Å². The summed E-state index contributed by atoms with van der Waals surface area (Å²) >= 11 is 6.13. The zero-order chi connectivity index (χ0) is 14.1. The van der Waals surface area contributed by atoms with Crippen molar-refractivity contribution < 1.29 is 9.47 Å². The van der Waals surface area contributed by atoms with Crippen molar-refractivity contribution >= 4 is 22.6 Å². The summed E-state index contributed by atoms with van der Waals surface area (Å²) in [6, 6.07) is 5.48. The van der Waals surface area contributed by atoms with E-state index in [2.05, 4.69) is 15.0 Å². The zero-order valence-corrected chi connectivity index (χ0v) is 11.7. The second-order valence-electron chi connectivity index (χ2n) is 4.17. The molecule has 0 spiro atoms. The predicted octanol–water partition coefficient (Wildman–Crippen LogP) is 3.30. The number of H-pyrrole nitrogens is 1. The number of ether oxygens (including phenoxy) is 2. The molecule has 0 amide bonds. The molecule has 1 aromatic carbocycles. The number of nitrogens with zero attached hydrogens (tertiary/aromatic N) is 2. The maximum atomic E-state index is 6.13. The van der Waals surface area contributed by atoms with Crippen LogP contribution in [0.5, 0.6) is 11.5 Å². The molecule has 0 bridgehead atoms. The summed E-state index contributed by atoms with van der Waals surface area (Å²) in [6.07, 6.45) is 3.26. The summed E-state index contributed by atoms with van der Waals surface area (Å²) in [4.78, 5) is 11.7. The minimum Gasteiger partial charge on any atom is -0.493 e. The first-order valence-corrected chi connectivity index (χ1v) is 6.32. The minimum atomic E-state index is 0.547. The molecule has 102 valence electrons. The average molecular weight is 290 g/mol. The number of imidazole rings is 1. The number of aromatic nitrogens is 3. The molecule has 3 aromatic rings. The molecule has 3 rings (SSSR count). The topological polar surface area (TPSA) is 60.0 Å². The minimum absolute atomic E-state index is 0.547. The lowest BCUT2D eigenvalue weighted by molar-refractivity contribution is 0.356. The first kappa shape index (κ1) is 12.7. The number of methoxy groups -OCH3 is 2. The molecule has 0 aliphatic carbocycles. The zero-order valence-electron chi connectivity index (χ0n) is 11.0. The highest BCUT2D eigenvalue weighted by Crippen LogP contribution is 2.33. The lowest BCUT2D eigenvalue weighted by Crippen LogP contribution is -1.89. The Morgan fingerprint density at radius 3 is 2.60 bits per heavy atom. The van der Waals surface area contributed by atoms with Gasteiger partial charge in [0.1, 0.15) is 5.82 Å². The van der Waals surface area contributed by atoms with Gasteiger partial charge in [0.15, 0.2) is 11.5 Å². The summed E-state index contributed by atoms with van der Waals surface area (Å²) in [6.45, 7) is 0. The van der Waals surface area contributed by atoms with Gasteiger partial charge in [0.25, 0.3) is 0 Å².